The van der Waals surface area contributed by atoms with Crippen LogP contribution in [0.1, 0.15) is 33.1 Å². The van der Waals surface area contributed by atoms with Crippen LogP contribution in [0.5, 0.6) is 0 Å². The minimum Gasteiger partial charge on any atom is -0.378 e. The first-order valence-corrected chi connectivity index (χ1v) is 4.53. The quantitative estimate of drug-likeness (QED) is 0.333. The first-order chi connectivity index (χ1) is 5.81. The molecule has 0 aliphatic rings. The number of unbranched alkanes of at least 4 members (excludes halogenated alkanes) is 1. The van der Waals surface area contributed by atoms with Crippen LogP contribution in [0, 0.1) is 0 Å². The largest absolute Gasteiger partial charge is 0.378 e. The molecular formula is C10H18O2. The predicted molar refractivity (Wildman–Crippen MR) is 50.1 cm³/mol. The van der Waals surface area contributed by atoms with Crippen molar-refractivity contribution in [1.29, 1.82) is 0 Å². The predicted octanol–water partition coefficient (Wildman–Crippen LogP) is 2.34. The van der Waals surface area contributed by atoms with Crippen molar-refractivity contribution < 1.29 is 9.53 Å². The zero-order valence-corrected chi connectivity index (χ0v) is 7.95. The fraction of sp³-hybridized carbons (Fsp3) is 0.700. The Morgan fingerprint density at radius 2 is 2.25 bits per heavy atom. The molecule has 0 aromatic rings. The van der Waals surface area contributed by atoms with Gasteiger partial charge in [-0.15, -0.1) is 0 Å². The standard InChI is InChI=1S/C10H18O2/c1-3-4-9-12-10(2)7-5-6-8-11/h5-6,8,10H,3-4,7,9H2,1-2H3/b6-5+. The normalized spacial score (nSPS) is 13.5. The van der Waals surface area contributed by atoms with Crippen molar-refractivity contribution in [2.24, 2.45) is 0 Å². The second kappa shape index (κ2) is 8.47. The average molecular weight is 170 g/mol. The van der Waals surface area contributed by atoms with Gasteiger partial charge in [0.05, 0.1) is 6.10 Å². The summed E-state index contributed by atoms with van der Waals surface area (Å²) in [6.45, 7) is 4.98. The third-order valence-electron chi connectivity index (χ3n) is 1.58. The second-order valence-corrected chi connectivity index (χ2v) is 2.83. The molecular weight excluding hydrogens is 152 g/mol. The highest BCUT2D eigenvalue weighted by molar-refractivity contribution is 5.64. The zero-order valence-electron chi connectivity index (χ0n) is 7.95. The first-order valence-electron chi connectivity index (χ1n) is 4.53. The lowest BCUT2D eigenvalue weighted by Crippen LogP contribution is -2.07. The number of aldehydes is 1. The summed E-state index contributed by atoms with van der Waals surface area (Å²) in [4.78, 5) is 9.92. The molecule has 2 nitrogen and oxygen atoms in total. The number of rotatable bonds is 7. The molecule has 0 rings (SSSR count). The van der Waals surface area contributed by atoms with Crippen LogP contribution in [0.25, 0.3) is 0 Å². The lowest BCUT2D eigenvalue weighted by Gasteiger charge is -2.09. The molecule has 0 spiro atoms. The molecule has 0 aliphatic heterocycles. The fourth-order valence-electron chi connectivity index (χ4n) is 0.823. The number of hydrogen-bond acceptors (Lipinski definition) is 2. The van der Waals surface area contributed by atoms with E-state index in [-0.39, 0.29) is 6.10 Å². The second-order valence-electron chi connectivity index (χ2n) is 2.83. The Hall–Kier alpha value is -0.630. The molecule has 12 heavy (non-hydrogen) atoms. The Morgan fingerprint density at radius 3 is 2.83 bits per heavy atom. The SMILES string of the molecule is CCCCOC(C)C/C=C/C=O. The Morgan fingerprint density at radius 1 is 1.50 bits per heavy atom. The monoisotopic (exact) mass is 170 g/mol. The summed E-state index contributed by atoms with van der Waals surface area (Å²) in [5.41, 5.74) is 0. The van der Waals surface area contributed by atoms with Crippen LogP contribution in [-0.4, -0.2) is 19.0 Å². The lowest BCUT2D eigenvalue weighted by molar-refractivity contribution is -0.104. The van der Waals surface area contributed by atoms with Crippen LogP contribution in [0.4, 0.5) is 0 Å². The number of allylic oxidation sites excluding steroid dienone is 1. The first kappa shape index (κ1) is 11.4. The topological polar surface area (TPSA) is 26.3 Å². The van der Waals surface area contributed by atoms with Gasteiger partial charge in [0.2, 0.25) is 0 Å². The average Bonchev–Trinajstić information content (AvgIpc) is 2.06. The molecule has 0 bridgehead atoms. The van der Waals surface area contributed by atoms with Gasteiger partial charge in [-0.25, -0.2) is 0 Å². The summed E-state index contributed by atoms with van der Waals surface area (Å²) >= 11 is 0. The fourth-order valence-corrected chi connectivity index (χ4v) is 0.823. The van der Waals surface area contributed by atoms with Crippen LogP contribution >= 0.6 is 0 Å². The molecule has 0 saturated heterocycles. The van der Waals surface area contributed by atoms with Gasteiger partial charge < -0.3 is 4.74 Å². The van der Waals surface area contributed by atoms with Gasteiger partial charge in [0, 0.05) is 6.61 Å². The summed E-state index contributed by atoms with van der Waals surface area (Å²) in [7, 11) is 0. The van der Waals surface area contributed by atoms with E-state index >= 15 is 0 Å². The van der Waals surface area contributed by atoms with Crippen molar-refractivity contribution in [3.05, 3.63) is 12.2 Å². The summed E-state index contributed by atoms with van der Waals surface area (Å²) in [6.07, 6.45) is 7.47. The van der Waals surface area contributed by atoms with Gasteiger partial charge in [-0.05, 0) is 25.8 Å². The summed E-state index contributed by atoms with van der Waals surface area (Å²) < 4.78 is 5.46. The molecule has 0 radical (unpaired) electrons. The van der Waals surface area contributed by atoms with Crippen molar-refractivity contribution in [3.8, 4) is 0 Å². The van der Waals surface area contributed by atoms with Gasteiger partial charge in [-0.2, -0.15) is 0 Å². The lowest BCUT2D eigenvalue weighted by atomic mass is 10.2. The molecule has 70 valence electrons. The van der Waals surface area contributed by atoms with E-state index < -0.39 is 0 Å². The molecule has 0 heterocycles. The van der Waals surface area contributed by atoms with Crippen molar-refractivity contribution in [2.45, 2.75) is 39.2 Å². The number of ether oxygens (including phenoxy) is 1. The molecule has 2 heteroatoms. The Labute approximate surface area is 74.6 Å². The van der Waals surface area contributed by atoms with Gasteiger partial charge in [0.25, 0.3) is 0 Å². The third kappa shape index (κ3) is 7.48. The minimum atomic E-state index is 0.229. The third-order valence-corrected chi connectivity index (χ3v) is 1.58. The van der Waals surface area contributed by atoms with Gasteiger partial charge in [-0.1, -0.05) is 19.4 Å². The van der Waals surface area contributed by atoms with Crippen LogP contribution in [0.15, 0.2) is 12.2 Å². The van der Waals surface area contributed by atoms with E-state index in [0.717, 1.165) is 32.2 Å². The molecule has 0 aromatic carbocycles. The van der Waals surface area contributed by atoms with E-state index in [0.29, 0.717) is 0 Å². The Bertz CT molecular complexity index is 130. The van der Waals surface area contributed by atoms with E-state index in [9.17, 15) is 4.79 Å². The minimum absolute atomic E-state index is 0.229. The molecule has 1 unspecified atom stereocenters. The Balaban J connectivity index is 3.26. The van der Waals surface area contributed by atoms with Crippen LogP contribution in [-0.2, 0) is 9.53 Å². The van der Waals surface area contributed by atoms with Crippen molar-refractivity contribution in [3.63, 3.8) is 0 Å². The van der Waals surface area contributed by atoms with E-state index in [2.05, 4.69) is 6.92 Å². The van der Waals surface area contributed by atoms with Gasteiger partial charge in [0.15, 0.2) is 0 Å². The number of hydrogen-bond donors (Lipinski definition) is 0. The van der Waals surface area contributed by atoms with Gasteiger partial charge in [-0.3, -0.25) is 4.79 Å². The maximum Gasteiger partial charge on any atom is 0.142 e. The van der Waals surface area contributed by atoms with E-state index in [1.54, 1.807) is 0 Å². The smallest absolute Gasteiger partial charge is 0.142 e. The van der Waals surface area contributed by atoms with Crippen molar-refractivity contribution in [2.75, 3.05) is 6.61 Å². The highest BCUT2D eigenvalue weighted by Crippen LogP contribution is 2.00. The van der Waals surface area contributed by atoms with E-state index in [4.69, 9.17) is 4.74 Å². The zero-order chi connectivity index (χ0) is 9.23. The number of carbonyl (C=O) groups is 1. The maximum absolute atomic E-state index is 9.92. The molecule has 0 aliphatic carbocycles. The molecule has 0 fully saturated rings. The molecule has 0 aromatic heterocycles. The van der Waals surface area contributed by atoms with Gasteiger partial charge in [0.1, 0.15) is 6.29 Å². The maximum atomic E-state index is 9.92. The molecule has 0 amide bonds. The van der Waals surface area contributed by atoms with Crippen LogP contribution in [0.2, 0.25) is 0 Å². The summed E-state index contributed by atoms with van der Waals surface area (Å²) in [5.74, 6) is 0. The van der Waals surface area contributed by atoms with E-state index in [1.165, 1.54) is 6.08 Å². The highest BCUT2D eigenvalue weighted by Gasteiger charge is 1.97. The highest BCUT2D eigenvalue weighted by atomic mass is 16.5. The van der Waals surface area contributed by atoms with E-state index in [1.807, 2.05) is 13.0 Å². The molecule has 0 saturated carbocycles. The molecule has 1 atom stereocenters. The van der Waals surface area contributed by atoms with Crippen LogP contribution in [0.3, 0.4) is 0 Å². The van der Waals surface area contributed by atoms with Crippen molar-refractivity contribution >= 4 is 6.29 Å². The summed E-state index contributed by atoms with van der Waals surface area (Å²) in [6, 6.07) is 0. The Kier molecular flexibility index (Phi) is 8.02. The van der Waals surface area contributed by atoms with Crippen LogP contribution < -0.4 is 0 Å². The number of carbonyl (C=O) groups excluding carboxylic acids is 1. The molecule has 0 N–H and O–H groups in total. The summed E-state index contributed by atoms with van der Waals surface area (Å²) in [5, 5.41) is 0. The van der Waals surface area contributed by atoms with Crippen molar-refractivity contribution in [1.82, 2.24) is 0 Å². The van der Waals surface area contributed by atoms with Gasteiger partial charge >= 0.3 is 0 Å².